The Balaban J connectivity index is 1.71. The monoisotopic (exact) mass is 419 g/mol. The Labute approximate surface area is 180 Å². The maximum absolute atomic E-state index is 13.3. The number of hydrogen-bond donors (Lipinski definition) is 2. The average Bonchev–Trinajstić information content (AvgIpc) is 3.25. The topological polar surface area (TPSA) is 90.3 Å². The van der Waals surface area contributed by atoms with Crippen LogP contribution in [-0.2, 0) is 11.3 Å². The van der Waals surface area contributed by atoms with Crippen molar-refractivity contribution in [1.82, 2.24) is 20.1 Å². The van der Waals surface area contributed by atoms with Crippen LogP contribution in [0.25, 0.3) is 0 Å². The molecule has 0 saturated heterocycles. The smallest absolute Gasteiger partial charge is 0.251 e. The molecule has 1 unspecified atom stereocenters. The van der Waals surface area contributed by atoms with Gasteiger partial charge in [0.25, 0.3) is 5.91 Å². The second kappa shape index (κ2) is 8.91. The maximum atomic E-state index is 13.3. The zero-order chi connectivity index (χ0) is 21.8. The quantitative estimate of drug-likeness (QED) is 0.611. The number of allylic oxidation sites excluding steroid dienone is 1. The molecule has 0 fully saturated rings. The van der Waals surface area contributed by atoms with E-state index in [0.717, 1.165) is 16.8 Å². The summed E-state index contributed by atoms with van der Waals surface area (Å²) in [5.41, 5.74) is 3.17. The molecule has 0 bridgehead atoms. The standard InChI is InChI=1S/C23H25N5O3/c1-4-31-19-12-17(10-11-18(19)30-3)21-20(15(2)27-23-25-14-26-28(21)23)22(29)24-13-16-8-6-5-7-9-16/h5-12,14,21H,4,13H2,1-3H3,(H,24,29)(H,25,26,27). The number of carbonyl (C=O) groups excluding carboxylic acids is 1. The molecule has 1 aliphatic rings. The van der Waals surface area contributed by atoms with Crippen molar-refractivity contribution in [3.05, 3.63) is 77.3 Å². The Morgan fingerprint density at radius 2 is 2.00 bits per heavy atom. The average molecular weight is 419 g/mol. The van der Waals surface area contributed by atoms with Crippen LogP contribution in [0.5, 0.6) is 11.5 Å². The molecule has 3 aromatic rings. The first-order valence-electron chi connectivity index (χ1n) is 10.1. The third-order valence-corrected chi connectivity index (χ3v) is 5.14. The molecule has 31 heavy (non-hydrogen) atoms. The highest BCUT2D eigenvalue weighted by Gasteiger charge is 2.33. The molecular weight excluding hydrogens is 394 g/mol. The summed E-state index contributed by atoms with van der Waals surface area (Å²) in [5.74, 6) is 1.66. The minimum absolute atomic E-state index is 0.172. The number of carbonyl (C=O) groups is 1. The summed E-state index contributed by atoms with van der Waals surface area (Å²) in [6.07, 6.45) is 1.47. The molecule has 8 heteroatoms. The fourth-order valence-corrected chi connectivity index (χ4v) is 3.70. The van der Waals surface area contributed by atoms with Gasteiger partial charge in [0, 0.05) is 12.2 Å². The number of ether oxygens (including phenoxy) is 2. The van der Waals surface area contributed by atoms with Gasteiger partial charge in [-0.1, -0.05) is 36.4 Å². The van der Waals surface area contributed by atoms with Crippen molar-refractivity contribution >= 4 is 11.9 Å². The van der Waals surface area contributed by atoms with Crippen LogP contribution in [0, 0.1) is 0 Å². The molecule has 0 saturated carbocycles. The number of amides is 1. The van der Waals surface area contributed by atoms with E-state index in [1.807, 2.05) is 62.4 Å². The summed E-state index contributed by atoms with van der Waals surface area (Å²) in [6, 6.07) is 15.0. The highest BCUT2D eigenvalue weighted by Crippen LogP contribution is 2.38. The number of nitrogens with zero attached hydrogens (tertiary/aromatic N) is 3. The number of methoxy groups -OCH3 is 1. The minimum atomic E-state index is -0.459. The highest BCUT2D eigenvalue weighted by molar-refractivity contribution is 5.96. The number of fused-ring (bicyclic) bond motifs is 1. The largest absolute Gasteiger partial charge is 0.493 e. The minimum Gasteiger partial charge on any atom is -0.493 e. The molecule has 0 spiro atoms. The van der Waals surface area contributed by atoms with E-state index in [0.29, 0.717) is 36.2 Å². The number of hydrogen-bond acceptors (Lipinski definition) is 6. The van der Waals surface area contributed by atoms with Gasteiger partial charge in [-0.3, -0.25) is 4.79 Å². The molecule has 0 aliphatic carbocycles. The molecule has 1 amide bonds. The van der Waals surface area contributed by atoms with Crippen molar-refractivity contribution in [2.75, 3.05) is 19.0 Å². The van der Waals surface area contributed by atoms with E-state index in [1.165, 1.54) is 6.33 Å². The second-order valence-corrected chi connectivity index (χ2v) is 7.11. The van der Waals surface area contributed by atoms with Gasteiger partial charge in [0.2, 0.25) is 5.95 Å². The predicted molar refractivity (Wildman–Crippen MR) is 117 cm³/mol. The summed E-state index contributed by atoms with van der Waals surface area (Å²) in [5, 5.41) is 10.6. The molecule has 1 aromatic heterocycles. The first-order chi connectivity index (χ1) is 15.1. The van der Waals surface area contributed by atoms with E-state index >= 15 is 0 Å². The van der Waals surface area contributed by atoms with Crippen molar-refractivity contribution in [3.63, 3.8) is 0 Å². The van der Waals surface area contributed by atoms with Crippen LogP contribution >= 0.6 is 0 Å². The van der Waals surface area contributed by atoms with Crippen molar-refractivity contribution in [3.8, 4) is 11.5 Å². The zero-order valence-corrected chi connectivity index (χ0v) is 17.8. The van der Waals surface area contributed by atoms with Gasteiger partial charge >= 0.3 is 0 Å². The summed E-state index contributed by atoms with van der Waals surface area (Å²) < 4.78 is 12.9. The predicted octanol–water partition coefficient (Wildman–Crippen LogP) is 3.29. The Hall–Kier alpha value is -3.81. The lowest BCUT2D eigenvalue weighted by Gasteiger charge is -2.29. The first-order valence-corrected chi connectivity index (χ1v) is 10.1. The van der Waals surface area contributed by atoms with Crippen LogP contribution in [0.3, 0.4) is 0 Å². The maximum Gasteiger partial charge on any atom is 0.251 e. The van der Waals surface area contributed by atoms with Crippen molar-refractivity contribution < 1.29 is 14.3 Å². The summed E-state index contributed by atoms with van der Waals surface area (Å²) >= 11 is 0. The highest BCUT2D eigenvalue weighted by atomic mass is 16.5. The van der Waals surface area contributed by atoms with Gasteiger partial charge in [-0.15, -0.1) is 0 Å². The molecular formula is C23H25N5O3. The number of aromatic nitrogens is 3. The van der Waals surface area contributed by atoms with Gasteiger partial charge in [-0.2, -0.15) is 10.1 Å². The van der Waals surface area contributed by atoms with Crippen LogP contribution in [-0.4, -0.2) is 34.4 Å². The van der Waals surface area contributed by atoms with Gasteiger partial charge in [-0.25, -0.2) is 4.68 Å². The van der Waals surface area contributed by atoms with E-state index in [2.05, 4.69) is 20.7 Å². The van der Waals surface area contributed by atoms with Crippen molar-refractivity contribution in [1.29, 1.82) is 0 Å². The van der Waals surface area contributed by atoms with Gasteiger partial charge < -0.3 is 20.1 Å². The van der Waals surface area contributed by atoms with E-state index in [9.17, 15) is 4.79 Å². The Kier molecular flexibility index (Phi) is 5.88. The molecule has 2 N–H and O–H groups in total. The number of nitrogens with one attached hydrogen (secondary N) is 2. The summed E-state index contributed by atoms with van der Waals surface area (Å²) in [4.78, 5) is 17.6. The van der Waals surface area contributed by atoms with Crippen LogP contribution in [0.1, 0.15) is 31.0 Å². The molecule has 2 aromatic carbocycles. The lowest BCUT2D eigenvalue weighted by Crippen LogP contribution is -2.34. The van der Waals surface area contributed by atoms with Crippen LogP contribution < -0.4 is 20.1 Å². The van der Waals surface area contributed by atoms with Crippen LogP contribution in [0.4, 0.5) is 5.95 Å². The van der Waals surface area contributed by atoms with E-state index in [1.54, 1.807) is 11.8 Å². The van der Waals surface area contributed by atoms with Gasteiger partial charge in [0.15, 0.2) is 11.5 Å². The lowest BCUT2D eigenvalue weighted by molar-refractivity contribution is -0.118. The molecule has 8 nitrogen and oxygen atoms in total. The summed E-state index contributed by atoms with van der Waals surface area (Å²) in [6.45, 7) is 4.72. The zero-order valence-electron chi connectivity index (χ0n) is 17.8. The van der Waals surface area contributed by atoms with E-state index in [-0.39, 0.29) is 5.91 Å². The van der Waals surface area contributed by atoms with E-state index in [4.69, 9.17) is 9.47 Å². The molecule has 1 aliphatic heterocycles. The lowest BCUT2D eigenvalue weighted by atomic mass is 9.94. The third-order valence-electron chi connectivity index (χ3n) is 5.14. The van der Waals surface area contributed by atoms with E-state index < -0.39 is 6.04 Å². The SMILES string of the molecule is CCOc1cc(C2C(C(=O)NCc3ccccc3)=C(C)Nc3ncnn32)ccc1OC. The van der Waals surface area contributed by atoms with Crippen molar-refractivity contribution in [2.24, 2.45) is 0 Å². The van der Waals surface area contributed by atoms with Crippen LogP contribution in [0.15, 0.2) is 66.1 Å². The van der Waals surface area contributed by atoms with Crippen molar-refractivity contribution in [2.45, 2.75) is 26.4 Å². The second-order valence-electron chi connectivity index (χ2n) is 7.11. The third kappa shape index (κ3) is 4.09. The molecule has 0 radical (unpaired) electrons. The molecule has 2 heterocycles. The summed E-state index contributed by atoms with van der Waals surface area (Å²) in [7, 11) is 1.60. The number of anilines is 1. The normalized spacial score (nSPS) is 15.1. The Bertz CT molecular complexity index is 1110. The van der Waals surface area contributed by atoms with Gasteiger partial charge in [-0.05, 0) is 37.1 Å². The van der Waals surface area contributed by atoms with Gasteiger partial charge in [0.05, 0.1) is 19.3 Å². The Morgan fingerprint density at radius 1 is 1.19 bits per heavy atom. The first kappa shape index (κ1) is 20.5. The molecule has 160 valence electrons. The van der Waals surface area contributed by atoms with Gasteiger partial charge in [0.1, 0.15) is 12.4 Å². The Morgan fingerprint density at radius 3 is 2.74 bits per heavy atom. The van der Waals surface area contributed by atoms with Crippen LogP contribution in [0.2, 0.25) is 0 Å². The number of rotatable bonds is 7. The molecule has 4 rings (SSSR count). The molecule has 1 atom stereocenters. The fourth-order valence-electron chi connectivity index (χ4n) is 3.70. The number of benzene rings is 2. The fraction of sp³-hybridized carbons (Fsp3) is 0.261.